The standard InChI is InChI=1S/C28H42O4S/c1-2-3-4-5-6-7-8-9-10-11-12-13-14-18-23-32-25-21-22-27(29)28(24-25)33(30,31)26-19-16-15-17-20-26/h15-17,19-22,24,29H,2-14,18,23H2,1H3. The van der Waals surface area contributed by atoms with Gasteiger partial charge in [-0.05, 0) is 30.7 Å². The lowest BCUT2D eigenvalue weighted by atomic mass is 10.0. The average Bonchev–Trinajstić information content (AvgIpc) is 2.83. The van der Waals surface area contributed by atoms with Crippen LogP contribution in [0.25, 0.3) is 0 Å². The summed E-state index contributed by atoms with van der Waals surface area (Å²) in [6, 6.07) is 12.6. The number of unbranched alkanes of at least 4 members (excludes halogenated alkanes) is 13. The van der Waals surface area contributed by atoms with Gasteiger partial charge in [-0.2, -0.15) is 0 Å². The zero-order valence-corrected chi connectivity index (χ0v) is 21.1. The summed E-state index contributed by atoms with van der Waals surface area (Å²) in [4.78, 5) is 0.0385. The Morgan fingerprint density at radius 3 is 1.76 bits per heavy atom. The Hall–Kier alpha value is -2.01. The van der Waals surface area contributed by atoms with Crippen LogP contribution in [-0.4, -0.2) is 20.1 Å². The first-order valence-corrected chi connectivity index (χ1v) is 14.3. The van der Waals surface area contributed by atoms with Gasteiger partial charge in [0.15, 0.2) is 0 Å². The van der Waals surface area contributed by atoms with Crippen LogP contribution in [0.15, 0.2) is 58.3 Å². The predicted octanol–water partition coefficient (Wildman–Crippen LogP) is 8.09. The minimum atomic E-state index is -3.78. The van der Waals surface area contributed by atoms with Gasteiger partial charge < -0.3 is 9.84 Å². The number of hydrogen-bond donors (Lipinski definition) is 1. The van der Waals surface area contributed by atoms with Crippen LogP contribution < -0.4 is 4.74 Å². The summed E-state index contributed by atoms with van der Waals surface area (Å²) >= 11 is 0. The van der Waals surface area contributed by atoms with E-state index in [0.717, 1.165) is 12.8 Å². The van der Waals surface area contributed by atoms with Gasteiger partial charge >= 0.3 is 0 Å². The lowest BCUT2D eigenvalue weighted by Gasteiger charge is -2.11. The molecule has 0 spiro atoms. The Balaban J connectivity index is 1.58. The van der Waals surface area contributed by atoms with Crippen molar-refractivity contribution in [1.29, 1.82) is 0 Å². The third-order valence-electron chi connectivity index (χ3n) is 6.04. The number of phenols is 1. The van der Waals surface area contributed by atoms with E-state index in [2.05, 4.69) is 6.92 Å². The van der Waals surface area contributed by atoms with Crippen LogP contribution in [0.1, 0.15) is 96.8 Å². The molecular weight excluding hydrogens is 432 g/mol. The van der Waals surface area contributed by atoms with E-state index >= 15 is 0 Å². The monoisotopic (exact) mass is 474 g/mol. The Labute approximate surface area is 201 Å². The van der Waals surface area contributed by atoms with Gasteiger partial charge in [-0.25, -0.2) is 8.42 Å². The van der Waals surface area contributed by atoms with Crippen LogP contribution in [0, 0.1) is 0 Å². The van der Waals surface area contributed by atoms with Crippen LogP contribution in [-0.2, 0) is 9.84 Å². The average molecular weight is 475 g/mol. The maximum Gasteiger partial charge on any atom is 0.210 e. The fourth-order valence-electron chi connectivity index (χ4n) is 4.01. The zero-order chi connectivity index (χ0) is 23.8. The molecule has 0 unspecified atom stereocenters. The number of aromatic hydroxyl groups is 1. The fraction of sp³-hybridized carbons (Fsp3) is 0.571. The second kappa shape index (κ2) is 15.8. The molecule has 0 aliphatic carbocycles. The molecule has 0 heterocycles. The van der Waals surface area contributed by atoms with Gasteiger partial charge in [-0.15, -0.1) is 0 Å². The van der Waals surface area contributed by atoms with Crippen LogP contribution in [0.5, 0.6) is 11.5 Å². The Bertz CT molecular complexity index is 878. The summed E-state index contributed by atoms with van der Waals surface area (Å²) in [6.07, 6.45) is 18.3. The summed E-state index contributed by atoms with van der Waals surface area (Å²) in [5, 5.41) is 10.1. The minimum Gasteiger partial charge on any atom is -0.507 e. The Morgan fingerprint density at radius 1 is 0.697 bits per heavy atom. The van der Waals surface area contributed by atoms with Crippen LogP contribution >= 0.6 is 0 Å². The lowest BCUT2D eigenvalue weighted by molar-refractivity contribution is 0.302. The molecular formula is C28H42O4S. The highest BCUT2D eigenvalue weighted by Crippen LogP contribution is 2.32. The summed E-state index contributed by atoms with van der Waals surface area (Å²) in [5.41, 5.74) is 0. The third-order valence-corrected chi connectivity index (χ3v) is 7.84. The van der Waals surface area contributed by atoms with Crippen LogP contribution in [0.4, 0.5) is 0 Å². The molecule has 2 aromatic carbocycles. The highest BCUT2D eigenvalue weighted by molar-refractivity contribution is 7.91. The van der Waals surface area contributed by atoms with Crippen molar-refractivity contribution in [3.05, 3.63) is 48.5 Å². The van der Waals surface area contributed by atoms with E-state index in [4.69, 9.17) is 4.74 Å². The van der Waals surface area contributed by atoms with Gasteiger partial charge in [0.2, 0.25) is 9.84 Å². The van der Waals surface area contributed by atoms with Crippen molar-refractivity contribution in [2.45, 2.75) is 107 Å². The number of benzene rings is 2. The molecule has 1 N–H and O–H groups in total. The summed E-state index contributed by atoms with van der Waals surface area (Å²) < 4.78 is 31.4. The molecule has 0 atom stereocenters. The number of ether oxygens (including phenoxy) is 1. The molecule has 0 aliphatic rings. The summed E-state index contributed by atoms with van der Waals surface area (Å²) in [5.74, 6) is 0.208. The van der Waals surface area contributed by atoms with Gasteiger partial charge in [0.05, 0.1) is 11.5 Å². The predicted molar refractivity (Wildman–Crippen MR) is 136 cm³/mol. The van der Waals surface area contributed by atoms with Crippen molar-refractivity contribution >= 4 is 9.84 Å². The number of hydrogen-bond acceptors (Lipinski definition) is 4. The maximum absolute atomic E-state index is 12.8. The van der Waals surface area contributed by atoms with E-state index in [1.54, 1.807) is 24.3 Å². The van der Waals surface area contributed by atoms with Crippen molar-refractivity contribution < 1.29 is 18.3 Å². The molecule has 0 radical (unpaired) electrons. The molecule has 184 valence electrons. The van der Waals surface area contributed by atoms with E-state index in [1.165, 1.54) is 101 Å². The smallest absolute Gasteiger partial charge is 0.210 e. The number of phenolic OH excluding ortho intramolecular Hbond substituents is 1. The maximum atomic E-state index is 12.8. The molecule has 5 heteroatoms. The van der Waals surface area contributed by atoms with E-state index in [0.29, 0.717) is 12.4 Å². The molecule has 0 fully saturated rings. The van der Waals surface area contributed by atoms with Gasteiger partial charge in [-0.1, -0.05) is 109 Å². The molecule has 4 nitrogen and oxygen atoms in total. The lowest BCUT2D eigenvalue weighted by Crippen LogP contribution is -2.04. The van der Waals surface area contributed by atoms with E-state index in [-0.39, 0.29) is 15.5 Å². The molecule has 0 aromatic heterocycles. The van der Waals surface area contributed by atoms with Crippen LogP contribution in [0.2, 0.25) is 0 Å². The topological polar surface area (TPSA) is 63.6 Å². The molecule has 0 saturated heterocycles. The van der Waals surface area contributed by atoms with Crippen LogP contribution in [0.3, 0.4) is 0 Å². The molecule has 0 bridgehead atoms. The highest BCUT2D eigenvalue weighted by atomic mass is 32.2. The summed E-state index contributed by atoms with van der Waals surface area (Å²) in [6.45, 7) is 2.81. The second-order valence-electron chi connectivity index (χ2n) is 8.89. The van der Waals surface area contributed by atoms with E-state index in [9.17, 15) is 13.5 Å². The SMILES string of the molecule is CCCCCCCCCCCCCCCCOc1ccc(O)c(S(=O)(=O)c2ccccc2)c1. The quantitative estimate of drug-likeness (QED) is 0.222. The molecule has 0 aliphatic heterocycles. The van der Waals surface area contributed by atoms with Crippen molar-refractivity contribution in [1.82, 2.24) is 0 Å². The van der Waals surface area contributed by atoms with Crippen molar-refractivity contribution in [3.8, 4) is 11.5 Å². The summed E-state index contributed by atoms with van der Waals surface area (Å²) in [7, 11) is -3.78. The van der Waals surface area contributed by atoms with Crippen molar-refractivity contribution in [2.75, 3.05) is 6.61 Å². The molecule has 2 rings (SSSR count). The first-order chi connectivity index (χ1) is 16.1. The second-order valence-corrected chi connectivity index (χ2v) is 10.8. The number of sulfone groups is 1. The van der Waals surface area contributed by atoms with Crippen molar-refractivity contribution in [2.24, 2.45) is 0 Å². The molecule has 0 amide bonds. The highest BCUT2D eigenvalue weighted by Gasteiger charge is 2.22. The molecule has 2 aromatic rings. The zero-order valence-electron chi connectivity index (χ0n) is 20.3. The largest absolute Gasteiger partial charge is 0.507 e. The van der Waals surface area contributed by atoms with Gasteiger partial charge in [0.25, 0.3) is 0 Å². The van der Waals surface area contributed by atoms with Gasteiger partial charge in [0.1, 0.15) is 16.4 Å². The molecule has 33 heavy (non-hydrogen) atoms. The first kappa shape index (κ1) is 27.2. The van der Waals surface area contributed by atoms with Gasteiger partial charge in [-0.3, -0.25) is 0 Å². The Morgan fingerprint density at radius 2 is 1.21 bits per heavy atom. The van der Waals surface area contributed by atoms with E-state index in [1.807, 2.05) is 0 Å². The minimum absolute atomic E-state index is 0.118. The van der Waals surface area contributed by atoms with Gasteiger partial charge in [0, 0.05) is 6.07 Å². The normalized spacial score (nSPS) is 11.5. The first-order valence-electron chi connectivity index (χ1n) is 12.8. The molecule has 0 saturated carbocycles. The fourth-order valence-corrected chi connectivity index (χ4v) is 5.40. The third kappa shape index (κ3) is 10.2. The number of rotatable bonds is 18. The van der Waals surface area contributed by atoms with E-state index < -0.39 is 9.84 Å². The Kier molecular flexibility index (Phi) is 13.0. The van der Waals surface area contributed by atoms with Crippen molar-refractivity contribution in [3.63, 3.8) is 0 Å².